The zero-order valence-corrected chi connectivity index (χ0v) is 10.5. The summed E-state index contributed by atoms with van der Waals surface area (Å²) in [5, 5.41) is 14.2. The smallest absolute Gasteiger partial charge is 0.317 e. The Bertz CT molecular complexity index is 293. The molecule has 1 fully saturated rings. The van der Waals surface area contributed by atoms with Crippen molar-refractivity contribution < 1.29 is 10.0 Å². The largest absolute Gasteiger partial charge is 0.409 e. The summed E-state index contributed by atoms with van der Waals surface area (Å²) in [7, 11) is 0. The molecule has 98 valence electrons. The average molecular weight is 242 g/mol. The van der Waals surface area contributed by atoms with Gasteiger partial charge in [-0.2, -0.15) is 0 Å². The van der Waals surface area contributed by atoms with E-state index in [0.29, 0.717) is 12.5 Å². The van der Waals surface area contributed by atoms with E-state index in [1.165, 1.54) is 6.42 Å². The molecule has 2 amide bonds. The zero-order valence-electron chi connectivity index (χ0n) is 10.5. The van der Waals surface area contributed by atoms with E-state index in [0.717, 1.165) is 19.5 Å². The van der Waals surface area contributed by atoms with Gasteiger partial charge >= 0.3 is 6.03 Å². The molecule has 0 radical (unpaired) electrons. The van der Waals surface area contributed by atoms with Crippen LogP contribution in [0.5, 0.6) is 0 Å². The van der Waals surface area contributed by atoms with Gasteiger partial charge in [0.1, 0.15) is 5.84 Å². The van der Waals surface area contributed by atoms with Gasteiger partial charge in [0.2, 0.25) is 0 Å². The Hall–Kier alpha value is -1.46. The third-order valence-electron chi connectivity index (χ3n) is 3.12. The maximum Gasteiger partial charge on any atom is 0.317 e. The number of carbonyl (C=O) groups is 1. The van der Waals surface area contributed by atoms with Crippen molar-refractivity contribution in [2.45, 2.75) is 26.7 Å². The van der Waals surface area contributed by atoms with Crippen LogP contribution < -0.4 is 11.1 Å². The molecule has 17 heavy (non-hydrogen) atoms. The van der Waals surface area contributed by atoms with Crippen molar-refractivity contribution in [3.05, 3.63) is 0 Å². The highest BCUT2D eigenvalue weighted by molar-refractivity contribution is 5.83. The van der Waals surface area contributed by atoms with Crippen LogP contribution in [0.25, 0.3) is 0 Å². The number of carbonyl (C=O) groups excluding carboxylic acids is 1. The summed E-state index contributed by atoms with van der Waals surface area (Å²) in [6.07, 6.45) is 2.24. The topological polar surface area (TPSA) is 91.0 Å². The number of hydrogen-bond donors (Lipinski definition) is 3. The number of hydrogen-bond acceptors (Lipinski definition) is 3. The molecule has 1 aliphatic heterocycles. The third-order valence-corrected chi connectivity index (χ3v) is 3.12. The van der Waals surface area contributed by atoms with Crippen molar-refractivity contribution in [1.29, 1.82) is 0 Å². The van der Waals surface area contributed by atoms with Crippen LogP contribution in [-0.4, -0.2) is 41.6 Å². The van der Waals surface area contributed by atoms with Crippen molar-refractivity contribution in [3.63, 3.8) is 0 Å². The fraction of sp³-hybridized carbons (Fsp3) is 0.818. The highest BCUT2D eigenvalue weighted by atomic mass is 16.4. The van der Waals surface area contributed by atoms with Gasteiger partial charge in [0.15, 0.2) is 0 Å². The minimum absolute atomic E-state index is 0.0610. The monoisotopic (exact) mass is 242 g/mol. The first kappa shape index (κ1) is 13.6. The first-order chi connectivity index (χ1) is 8.04. The van der Waals surface area contributed by atoms with Gasteiger partial charge in [-0.1, -0.05) is 19.0 Å². The fourth-order valence-electron chi connectivity index (χ4n) is 1.93. The Morgan fingerprint density at radius 2 is 2.41 bits per heavy atom. The molecule has 4 N–H and O–H groups in total. The number of nitrogens with zero attached hydrogens (tertiary/aromatic N) is 2. The lowest BCUT2D eigenvalue weighted by molar-refractivity contribution is 0.169. The van der Waals surface area contributed by atoms with Gasteiger partial charge in [0, 0.05) is 25.6 Å². The maximum absolute atomic E-state index is 11.8. The second-order valence-electron chi connectivity index (χ2n) is 4.81. The van der Waals surface area contributed by atoms with Crippen LogP contribution in [0.15, 0.2) is 5.16 Å². The van der Waals surface area contributed by atoms with Crippen LogP contribution >= 0.6 is 0 Å². The molecule has 1 saturated heterocycles. The number of nitrogens with two attached hydrogens (primary N) is 1. The van der Waals surface area contributed by atoms with Gasteiger partial charge < -0.3 is 21.2 Å². The second-order valence-corrected chi connectivity index (χ2v) is 4.81. The van der Waals surface area contributed by atoms with Crippen LogP contribution in [0, 0.1) is 11.8 Å². The molecule has 0 saturated carbocycles. The van der Waals surface area contributed by atoms with E-state index in [1.54, 1.807) is 6.92 Å². The highest BCUT2D eigenvalue weighted by Crippen LogP contribution is 2.15. The summed E-state index contributed by atoms with van der Waals surface area (Å²) in [5.41, 5.74) is 5.44. The average Bonchev–Trinajstić information content (AvgIpc) is 2.34. The summed E-state index contributed by atoms with van der Waals surface area (Å²) < 4.78 is 0. The van der Waals surface area contributed by atoms with E-state index in [-0.39, 0.29) is 17.8 Å². The zero-order chi connectivity index (χ0) is 12.8. The van der Waals surface area contributed by atoms with Crippen LogP contribution in [0.2, 0.25) is 0 Å². The number of amidine groups is 1. The Labute approximate surface area is 102 Å². The van der Waals surface area contributed by atoms with E-state index in [1.807, 2.05) is 4.90 Å². The van der Waals surface area contributed by atoms with E-state index in [2.05, 4.69) is 17.4 Å². The molecule has 6 nitrogen and oxygen atoms in total. The summed E-state index contributed by atoms with van der Waals surface area (Å²) in [5.74, 6) is 0.541. The van der Waals surface area contributed by atoms with Gasteiger partial charge in [-0.3, -0.25) is 0 Å². The van der Waals surface area contributed by atoms with E-state index >= 15 is 0 Å². The summed E-state index contributed by atoms with van der Waals surface area (Å²) >= 11 is 0. The maximum atomic E-state index is 11.8. The molecule has 0 bridgehead atoms. The molecule has 2 unspecified atom stereocenters. The minimum atomic E-state index is -0.161. The molecule has 0 aromatic rings. The number of urea groups is 1. The van der Waals surface area contributed by atoms with E-state index in [9.17, 15) is 4.79 Å². The second kappa shape index (κ2) is 6.32. The third kappa shape index (κ3) is 4.13. The van der Waals surface area contributed by atoms with Gasteiger partial charge in [-0.05, 0) is 18.8 Å². The van der Waals surface area contributed by atoms with Gasteiger partial charge in [0.25, 0.3) is 0 Å². The highest BCUT2D eigenvalue weighted by Gasteiger charge is 2.21. The standard InChI is InChI=1S/C11H22N4O2/c1-8-4-3-5-15(7-8)11(16)13-6-9(2)10(12)14-17/h8-9,17H,3-7H2,1-2H3,(H2,12,14)(H,13,16). The molecule has 1 aliphatic rings. The van der Waals surface area contributed by atoms with Crippen molar-refractivity contribution in [1.82, 2.24) is 10.2 Å². The van der Waals surface area contributed by atoms with Crippen LogP contribution in [0.4, 0.5) is 4.79 Å². The normalized spacial score (nSPS) is 23.3. The van der Waals surface area contributed by atoms with E-state index < -0.39 is 0 Å². The lowest BCUT2D eigenvalue weighted by atomic mass is 10.0. The SMILES string of the molecule is CC1CCCN(C(=O)NCC(C)C(N)=NO)C1. The number of amides is 2. The quantitative estimate of drug-likeness (QED) is 0.296. The number of oxime groups is 1. The molecule has 1 rings (SSSR count). The Morgan fingerprint density at radius 1 is 1.71 bits per heavy atom. The van der Waals surface area contributed by atoms with Crippen molar-refractivity contribution >= 4 is 11.9 Å². The number of rotatable bonds is 3. The molecule has 6 heteroatoms. The summed E-state index contributed by atoms with van der Waals surface area (Å²) in [4.78, 5) is 13.7. The summed E-state index contributed by atoms with van der Waals surface area (Å²) in [6.45, 7) is 5.96. The molecular weight excluding hydrogens is 220 g/mol. The molecule has 0 aliphatic carbocycles. The predicted molar refractivity (Wildman–Crippen MR) is 65.9 cm³/mol. The van der Waals surface area contributed by atoms with Crippen LogP contribution in [0.3, 0.4) is 0 Å². The van der Waals surface area contributed by atoms with Gasteiger partial charge in [-0.15, -0.1) is 0 Å². The summed E-state index contributed by atoms with van der Waals surface area (Å²) in [6, 6.07) is -0.0610. The number of piperidine rings is 1. The minimum Gasteiger partial charge on any atom is -0.409 e. The Kier molecular flexibility index (Phi) is 5.06. The predicted octanol–water partition coefficient (Wildman–Crippen LogP) is 0.810. The van der Waals surface area contributed by atoms with Crippen LogP contribution in [0.1, 0.15) is 26.7 Å². The first-order valence-corrected chi connectivity index (χ1v) is 6.04. The molecule has 0 aromatic carbocycles. The van der Waals surface area contributed by atoms with E-state index in [4.69, 9.17) is 10.9 Å². The fourth-order valence-corrected chi connectivity index (χ4v) is 1.93. The molecule has 0 spiro atoms. The molecule has 2 atom stereocenters. The van der Waals surface area contributed by atoms with Gasteiger partial charge in [0.05, 0.1) is 0 Å². The molecule has 0 aromatic heterocycles. The molecule has 1 heterocycles. The van der Waals surface area contributed by atoms with Gasteiger partial charge in [-0.25, -0.2) is 4.79 Å². The van der Waals surface area contributed by atoms with Crippen molar-refractivity contribution in [2.24, 2.45) is 22.7 Å². The Balaban J connectivity index is 2.34. The van der Waals surface area contributed by atoms with Crippen molar-refractivity contribution in [2.75, 3.05) is 19.6 Å². The first-order valence-electron chi connectivity index (χ1n) is 6.04. The number of likely N-dealkylation sites (tertiary alicyclic amines) is 1. The lowest BCUT2D eigenvalue weighted by Gasteiger charge is -2.31. The number of nitrogens with one attached hydrogen (secondary N) is 1. The van der Waals surface area contributed by atoms with Crippen LogP contribution in [-0.2, 0) is 0 Å². The molecular formula is C11H22N4O2. The Morgan fingerprint density at radius 3 is 3.00 bits per heavy atom. The van der Waals surface area contributed by atoms with Crippen molar-refractivity contribution in [3.8, 4) is 0 Å². The lowest BCUT2D eigenvalue weighted by Crippen LogP contribution is -2.47.